The van der Waals surface area contributed by atoms with E-state index in [1.54, 1.807) is 7.05 Å². The lowest BCUT2D eigenvalue weighted by molar-refractivity contribution is 0.954. The van der Waals surface area contributed by atoms with Gasteiger partial charge in [-0.3, -0.25) is 4.99 Å². The zero-order valence-electron chi connectivity index (χ0n) is 12.8. The predicted octanol–water partition coefficient (Wildman–Crippen LogP) is 3.05. The van der Waals surface area contributed by atoms with Gasteiger partial charge in [0.2, 0.25) is 0 Å². The molecule has 0 atom stereocenters. The van der Waals surface area contributed by atoms with Crippen LogP contribution in [0.4, 0.5) is 17.3 Å². The average Bonchev–Trinajstić information content (AvgIpc) is 2.61. The molecule has 3 heterocycles. The van der Waals surface area contributed by atoms with Gasteiger partial charge in [-0.1, -0.05) is 0 Å². The first-order valence-electron chi connectivity index (χ1n) is 7.10. The Hall–Kier alpha value is -2.43. The minimum atomic E-state index is 0.797. The van der Waals surface area contributed by atoms with Gasteiger partial charge in [-0.15, -0.1) is 0 Å². The highest BCUT2D eigenvalue weighted by atomic mass is 15.3. The number of rotatable bonds is 1. The number of aryl methyl sites for hydroxylation is 2. The number of nitrogens with one attached hydrogen (secondary N) is 1. The Balaban J connectivity index is 2.33. The summed E-state index contributed by atoms with van der Waals surface area (Å²) in [6.45, 7) is 7.01. The van der Waals surface area contributed by atoms with Crippen molar-refractivity contribution >= 4 is 23.2 Å². The standard InChI is InChI=1S/C16H19N5/c1-5-21-15-12(7-6-8-18-15)14(17-4)20-13-10(2)9-11(3)19-16(13)21/h6-9H,5H2,1-4H3,(H,17,20). The normalized spacial score (nSPS) is 15.2. The molecule has 0 amide bonds. The monoisotopic (exact) mass is 281 g/mol. The van der Waals surface area contributed by atoms with Crippen LogP contribution in [0, 0.1) is 13.8 Å². The lowest BCUT2D eigenvalue weighted by Crippen LogP contribution is -2.20. The molecule has 1 aliphatic heterocycles. The summed E-state index contributed by atoms with van der Waals surface area (Å²) in [6, 6.07) is 6.05. The van der Waals surface area contributed by atoms with E-state index < -0.39 is 0 Å². The third-order valence-corrected chi connectivity index (χ3v) is 3.66. The molecule has 0 bridgehead atoms. The van der Waals surface area contributed by atoms with E-state index in [9.17, 15) is 0 Å². The molecule has 2 aromatic heterocycles. The molecule has 0 saturated heterocycles. The summed E-state index contributed by atoms with van der Waals surface area (Å²) in [4.78, 5) is 15.8. The summed E-state index contributed by atoms with van der Waals surface area (Å²) in [6.07, 6.45) is 1.81. The number of nitrogens with zero attached hydrogens (tertiary/aromatic N) is 4. The number of anilines is 3. The molecule has 0 aliphatic carbocycles. The fraction of sp³-hybridized carbons (Fsp3) is 0.312. The second kappa shape index (κ2) is 5.16. The van der Waals surface area contributed by atoms with E-state index in [2.05, 4.69) is 40.1 Å². The highest BCUT2D eigenvalue weighted by Gasteiger charge is 2.26. The first-order chi connectivity index (χ1) is 10.2. The average molecular weight is 281 g/mol. The lowest BCUT2D eigenvalue weighted by atomic mass is 10.2. The van der Waals surface area contributed by atoms with Crippen molar-refractivity contribution < 1.29 is 0 Å². The second-order valence-corrected chi connectivity index (χ2v) is 5.10. The van der Waals surface area contributed by atoms with Gasteiger partial charge in [0, 0.05) is 25.5 Å². The maximum atomic E-state index is 4.72. The van der Waals surface area contributed by atoms with Crippen molar-refractivity contribution in [2.75, 3.05) is 23.8 Å². The van der Waals surface area contributed by atoms with Crippen LogP contribution in [-0.4, -0.2) is 29.4 Å². The number of hydrogen-bond acceptors (Lipinski definition) is 4. The molecular weight excluding hydrogens is 262 g/mol. The van der Waals surface area contributed by atoms with E-state index in [4.69, 9.17) is 4.98 Å². The van der Waals surface area contributed by atoms with Gasteiger partial charge in [0.15, 0.2) is 5.82 Å². The molecule has 0 fully saturated rings. The van der Waals surface area contributed by atoms with Crippen LogP contribution in [0.2, 0.25) is 0 Å². The number of aromatic nitrogens is 2. The summed E-state index contributed by atoms with van der Waals surface area (Å²) in [7, 11) is 1.79. The van der Waals surface area contributed by atoms with Crippen LogP contribution in [0.3, 0.4) is 0 Å². The van der Waals surface area contributed by atoms with Crippen molar-refractivity contribution in [2.24, 2.45) is 4.99 Å². The molecule has 0 radical (unpaired) electrons. The molecule has 5 nitrogen and oxygen atoms in total. The van der Waals surface area contributed by atoms with Crippen molar-refractivity contribution in [3.8, 4) is 0 Å². The smallest absolute Gasteiger partial charge is 0.158 e. The number of amidine groups is 1. The number of aliphatic imine (C=N–C) groups is 1. The molecule has 5 heteroatoms. The molecule has 1 aliphatic rings. The van der Waals surface area contributed by atoms with E-state index in [1.807, 2.05) is 25.3 Å². The Labute approximate surface area is 124 Å². The van der Waals surface area contributed by atoms with Gasteiger partial charge < -0.3 is 10.2 Å². The molecule has 0 aromatic carbocycles. The first kappa shape index (κ1) is 13.5. The van der Waals surface area contributed by atoms with E-state index in [0.29, 0.717) is 0 Å². The van der Waals surface area contributed by atoms with Gasteiger partial charge in [0.1, 0.15) is 11.7 Å². The number of pyridine rings is 2. The largest absolute Gasteiger partial charge is 0.337 e. The summed E-state index contributed by atoms with van der Waals surface area (Å²) < 4.78 is 0. The Bertz CT molecular complexity index is 721. The van der Waals surface area contributed by atoms with Gasteiger partial charge in [0.25, 0.3) is 0 Å². The van der Waals surface area contributed by atoms with E-state index in [1.165, 1.54) is 0 Å². The predicted molar refractivity (Wildman–Crippen MR) is 86.7 cm³/mol. The molecular formula is C16H19N5. The van der Waals surface area contributed by atoms with E-state index >= 15 is 0 Å². The summed E-state index contributed by atoms with van der Waals surface area (Å²) in [5, 5.41) is 3.43. The summed E-state index contributed by atoms with van der Waals surface area (Å²) in [5.41, 5.74) is 4.16. The SMILES string of the molecule is CCN1c2ncccc2C(=NC)Nc2c(C)cc(C)nc21. The zero-order valence-corrected chi connectivity index (χ0v) is 12.8. The Morgan fingerprint density at radius 3 is 2.81 bits per heavy atom. The van der Waals surface area contributed by atoms with Gasteiger partial charge >= 0.3 is 0 Å². The van der Waals surface area contributed by atoms with Crippen LogP contribution in [0.5, 0.6) is 0 Å². The molecule has 0 unspecified atom stereocenters. The topological polar surface area (TPSA) is 53.4 Å². The lowest BCUT2D eigenvalue weighted by Gasteiger charge is -2.23. The van der Waals surface area contributed by atoms with Crippen molar-refractivity contribution in [1.29, 1.82) is 0 Å². The number of fused-ring (bicyclic) bond motifs is 2. The summed E-state index contributed by atoms with van der Waals surface area (Å²) >= 11 is 0. The van der Waals surface area contributed by atoms with Gasteiger partial charge in [-0.05, 0) is 44.5 Å². The molecule has 3 rings (SSSR count). The minimum absolute atomic E-state index is 0.797. The minimum Gasteiger partial charge on any atom is -0.337 e. The third-order valence-electron chi connectivity index (χ3n) is 3.66. The maximum Gasteiger partial charge on any atom is 0.158 e. The van der Waals surface area contributed by atoms with Gasteiger partial charge in [0.05, 0.1) is 11.3 Å². The van der Waals surface area contributed by atoms with Crippen molar-refractivity contribution in [2.45, 2.75) is 20.8 Å². The second-order valence-electron chi connectivity index (χ2n) is 5.10. The van der Waals surface area contributed by atoms with Crippen LogP contribution in [-0.2, 0) is 0 Å². The fourth-order valence-electron chi connectivity index (χ4n) is 2.73. The quantitative estimate of drug-likeness (QED) is 0.873. The Morgan fingerprint density at radius 1 is 1.29 bits per heavy atom. The van der Waals surface area contributed by atoms with Crippen LogP contribution in [0.1, 0.15) is 23.7 Å². The molecule has 0 saturated carbocycles. The van der Waals surface area contributed by atoms with E-state index in [-0.39, 0.29) is 0 Å². The highest BCUT2D eigenvalue weighted by Crippen LogP contribution is 2.37. The van der Waals surface area contributed by atoms with Gasteiger partial charge in [-0.2, -0.15) is 0 Å². The molecule has 108 valence electrons. The van der Waals surface area contributed by atoms with Crippen LogP contribution in [0.25, 0.3) is 0 Å². The van der Waals surface area contributed by atoms with Crippen LogP contribution in [0.15, 0.2) is 29.4 Å². The number of hydrogen-bond donors (Lipinski definition) is 1. The van der Waals surface area contributed by atoms with Crippen molar-refractivity contribution in [1.82, 2.24) is 9.97 Å². The van der Waals surface area contributed by atoms with E-state index in [0.717, 1.165) is 46.5 Å². The fourth-order valence-corrected chi connectivity index (χ4v) is 2.73. The molecule has 0 spiro atoms. The zero-order chi connectivity index (χ0) is 15.0. The Morgan fingerprint density at radius 2 is 2.10 bits per heavy atom. The van der Waals surface area contributed by atoms with Crippen LogP contribution < -0.4 is 10.2 Å². The molecule has 2 aromatic rings. The highest BCUT2D eigenvalue weighted by molar-refractivity contribution is 6.14. The first-order valence-corrected chi connectivity index (χ1v) is 7.10. The molecule has 21 heavy (non-hydrogen) atoms. The maximum absolute atomic E-state index is 4.72. The van der Waals surface area contributed by atoms with Crippen molar-refractivity contribution in [3.63, 3.8) is 0 Å². The Kier molecular flexibility index (Phi) is 3.33. The third kappa shape index (κ3) is 2.14. The summed E-state index contributed by atoms with van der Waals surface area (Å²) in [5.74, 6) is 2.63. The van der Waals surface area contributed by atoms with Crippen molar-refractivity contribution in [3.05, 3.63) is 41.2 Å². The van der Waals surface area contributed by atoms with Crippen LogP contribution >= 0.6 is 0 Å². The molecule has 1 N–H and O–H groups in total. The van der Waals surface area contributed by atoms with Gasteiger partial charge in [-0.25, -0.2) is 9.97 Å².